The summed E-state index contributed by atoms with van der Waals surface area (Å²) >= 11 is 0. The molecular weight excluding hydrogens is 232 g/mol. The van der Waals surface area contributed by atoms with E-state index >= 15 is 0 Å². The Morgan fingerprint density at radius 3 is 2.56 bits per heavy atom. The highest BCUT2D eigenvalue weighted by Crippen LogP contribution is 2.19. The number of nitrogens with two attached hydrogens (primary N) is 1. The smallest absolute Gasteiger partial charge is 0.262 e. The Morgan fingerprint density at radius 1 is 1.50 bits per heavy atom. The summed E-state index contributed by atoms with van der Waals surface area (Å²) in [5, 5.41) is -0.636. The van der Waals surface area contributed by atoms with Crippen LogP contribution in [0.1, 0.15) is 26.7 Å². The zero-order chi connectivity index (χ0) is 12.3. The summed E-state index contributed by atoms with van der Waals surface area (Å²) in [5.41, 5.74) is 5.40. The third kappa shape index (κ3) is 3.16. The summed E-state index contributed by atoms with van der Waals surface area (Å²) in [6.07, 6.45) is 0.372. The van der Waals surface area contributed by atoms with E-state index in [1.807, 2.05) is 4.72 Å². The van der Waals surface area contributed by atoms with Crippen LogP contribution in [0.5, 0.6) is 0 Å². The molecule has 16 heavy (non-hydrogen) atoms. The van der Waals surface area contributed by atoms with Crippen molar-refractivity contribution >= 4 is 15.9 Å². The third-order valence-electron chi connectivity index (χ3n) is 2.53. The van der Waals surface area contributed by atoms with Crippen LogP contribution in [0.4, 0.5) is 0 Å². The first-order valence-corrected chi connectivity index (χ1v) is 6.82. The minimum atomic E-state index is -3.57. The Morgan fingerprint density at radius 2 is 2.12 bits per heavy atom. The van der Waals surface area contributed by atoms with Gasteiger partial charge in [0.1, 0.15) is 6.10 Å². The summed E-state index contributed by atoms with van der Waals surface area (Å²) in [4.78, 5) is 11.6. The molecule has 0 aliphatic carbocycles. The van der Waals surface area contributed by atoms with Crippen LogP contribution in [0.25, 0.3) is 0 Å². The molecule has 1 aliphatic heterocycles. The van der Waals surface area contributed by atoms with Gasteiger partial charge in [0.05, 0.1) is 11.4 Å². The molecular formula is C9H18N2O4S. The molecule has 94 valence electrons. The molecule has 1 amide bonds. The molecule has 1 heterocycles. The van der Waals surface area contributed by atoms with Gasteiger partial charge >= 0.3 is 0 Å². The van der Waals surface area contributed by atoms with Crippen LogP contribution in [0.3, 0.4) is 0 Å². The number of amides is 1. The van der Waals surface area contributed by atoms with Crippen molar-refractivity contribution in [1.29, 1.82) is 0 Å². The van der Waals surface area contributed by atoms with Gasteiger partial charge in [-0.15, -0.1) is 0 Å². The highest BCUT2D eigenvalue weighted by atomic mass is 32.2. The van der Waals surface area contributed by atoms with Gasteiger partial charge in [0.25, 0.3) is 5.91 Å². The predicted molar refractivity (Wildman–Crippen MR) is 59.1 cm³/mol. The molecule has 1 saturated heterocycles. The van der Waals surface area contributed by atoms with E-state index in [1.165, 1.54) is 13.8 Å². The monoisotopic (exact) mass is 250 g/mol. The average molecular weight is 250 g/mol. The molecule has 0 saturated carbocycles. The van der Waals surface area contributed by atoms with Crippen LogP contribution in [0.2, 0.25) is 0 Å². The molecule has 0 aromatic heterocycles. The number of ether oxygens (including phenoxy) is 1. The van der Waals surface area contributed by atoms with Crippen LogP contribution in [0, 0.1) is 0 Å². The highest BCUT2D eigenvalue weighted by molar-refractivity contribution is 7.90. The summed E-state index contributed by atoms with van der Waals surface area (Å²) in [5.74, 6) is -0.593. The van der Waals surface area contributed by atoms with Crippen molar-refractivity contribution in [2.24, 2.45) is 5.73 Å². The van der Waals surface area contributed by atoms with Crippen LogP contribution < -0.4 is 10.5 Å². The van der Waals surface area contributed by atoms with Gasteiger partial charge in [-0.1, -0.05) is 0 Å². The lowest BCUT2D eigenvalue weighted by molar-refractivity contribution is -0.129. The van der Waals surface area contributed by atoms with Gasteiger partial charge in [-0.2, -0.15) is 0 Å². The quantitative estimate of drug-likeness (QED) is 0.690. The van der Waals surface area contributed by atoms with E-state index in [2.05, 4.69) is 0 Å². The second-order valence-corrected chi connectivity index (χ2v) is 6.36. The van der Waals surface area contributed by atoms with Gasteiger partial charge in [0.2, 0.25) is 10.0 Å². The maximum absolute atomic E-state index is 11.6. The largest absolute Gasteiger partial charge is 0.364 e. The average Bonchev–Trinajstić information content (AvgIpc) is 2.64. The van der Waals surface area contributed by atoms with E-state index in [4.69, 9.17) is 10.5 Å². The first-order valence-electron chi connectivity index (χ1n) is 5.28. The topological polar surface area (TPSA) is 98.5 Å². The van der Waals surface area contributed by atoms with E-state index in [0.717, 1.165) is 0 Å². The molecule has 1 aliphatic rings. The molecule has 1 rings (SSSR count). The molecule has 3 N–H and O–H groups in total. The lowest BCUT2D eigenvalue weighted by Crippen LogP contribution is -2.42. The number of carbonyl (C=O) groups excluding carboxylic acids is 1. The normalized spacial score (nSPS) is 26.0. The molecule has 7 heteroatoms. The van der Waals surface area contributed by atoms with Crippen molar-refractivity contribution in [2.75, 3.05) is 6.54 Å². The van der Waals surface area contributed by atoms with Crippen molar-refractivity contribution < 1.29 is 17.9 Å². The fraction of sp³-hybridized carbons (Fsp3) is 0.889. The van der Waals surface area contributed by atoms with Crippen molar-refractivity contribution in [1.82, 2.24) is 4.72 Å². The van der Waals surface area contributed by atoms with Gasteiger partial charge in [-0.25, -0.2) is 8.42 Å². The van der Waals surface area contributed by atoms with E-state index < -0.39 is 27.3 Å². The van der Waals surface area contributed by atoms with Crippen LogP contribution in [0.15, 0.2) is 0 Å². The SMILES string of the molecule is CC(C)S(=O)(=O)NC(=O)C1CCC(CN)O1. The summed E-state index contributed by atoms with van der Waals surface area (Å²) in [6.45, 7) is 3.36. The van der Waals surface area contributed by atoms with Crippen LogP contribution >= 0.6 is 0 Å². The van der Waals surface area contributed by atoms with Crippen molar-refractivity contribution in [3.05, 3.63) is 0 Å². The van der Waals surface area contributed by atoms with Crippen LogP contribution in [-0.2, 0) is 19.6 Å². The lowest BCUT2D eigenvalue weighted by Gasteiger charge is -2.14. The van der Waals surface area contributed by atoms with Gasteiger partial charge in [0, 0.05) is 6.54 Å². The number of nitrogens with one attached hydrogen (secondary N) is 1. The second-order valence-electron chi connectivity index (χ2n) is 4.12. The van der Waals surface area contributed by atoms with Crippen LogP contribution in [-0.4, -0.2) is 38.3 Å². The number of hydrogen-bond acceptors (Lipinski definition) is 5. The molecule has 0 spiro atoms. The van der Waals surface area contributed by atoms with Crippen molar-refractivity contribution in [3.63, 3.8) is 0 Å². The van der Waals surface area contributed by atoms with Gasteiger partial charge in [-0.3, -0.25) is 9.52 Å². The Hall–Kier alpha value is -0.660. The van der Waals surface area contributed by atoms with Gasteiger partial charge in [0.15, 0.2) is 0 Å². The molecule has 2 atom stereocenters. The Balaban J connectivity index is 2.55. The molecule has 0 bridgehead atoms. The molecule has 0 radical (unpaired) electrons. The minimum Gasteiger partial charge on any atom is -0.364 e. The first kappa shape index (κ1) is 13.4. The Bertz CT molecular complexity index is 353. The van der Waals surface area contributed by atoms with Crippen molar-refractivity contribution in [2.45, 2.75) is 44.1 Å². The number of sulfonamides is 1. The Labute approximate surface area is 95.6 Å². The molecule has 6 nitrogen and oxygen atoms in total. The fourth-order valence-electron chi connectivity index (χ4n) is 1.40. The maximum Gasteiger partial charge on any atom is 0.262 e. The summed E-state index contributed by atoms with van der Waals surface area (Å²) in [7, 11) is -3.57. The molecule has 0 aromatic carbocycles. The molecule has 1 fully saturated rings. The predicted octanol–water partition coefficient (Wildman–Crippen LogP) is -0.653. The minimum absolute atomic E-state index is 0.141. The second kappa shape index (κ2) is 5.11. The van der Waals surface area contributed by atoms with Crippen molar-refractivity contribution in [3.8, 4) is 0 Å². The zero-order valence-corrected chi connectivity index (χ0v) is 10.3. The van der Waals surface area contributed by atoms with Gasteiger partial charge < -0.3 is 10.5 Å². The number of carbonyl (C=O) groups is 1. The fourth-order valence-corrected chi connectivity index (χ4v) is 2.04. The summed E-state index contributed by atoms with van der Waals surface area (Å²) in [6, 6.07) is 0. The van der Waals surface area contributed by atoms with E-state index in [1.54, 1.807) is 0 Å². The number of hydrogen-bond donors (Lipinski definition) is 2. The summed E-state index contributed by atoms with van der Waals surface area (Å²) < 4.78 is 30.2. The van der Waals surface area contributed by atoms with E-state index in [-0.39, 0.29) is 6.10 Å². The molecule has 0 aromatic rings. The number of rotatable bonds is 4. The highest BCUT2D eigenvalue weighted by Gasteiger charge is 2.32. The van der Waals surface area contributed by atoms with Gasteiger partial charge in [-0.05, 0) is 26.7 Å². The first-order chi connectivity index (χ1) is 7.36. The van der Waals surface area contributed by atoms with E-state index in [0.29, 0.717) is 19.4 Å². The zero-order valence-electron chi connectivity index (χ0n) is 9.47. The third-order valence-corrected chi connectivity index (χ3v) is 4.25. The standard InChI is InChI=1S/C9H18N2O4S/c1-6(2)16(13,14)11-9(12)8-4-3-7(5-10)15-8/h6-8H,3-5,10H2,1-2H3,(H,11,12). The van der Waals surface area contributed by atoms with E-state index in [9.17, 15) is 13.2 Å². The Kier molecular flexibility index (Phi) is 4.28. The molecule has 2 unspecified atom stereocenters. The lowest BCUT2D eigenvalue weighted by atomic mass is 10.2. The maximum atomic E-state index is 11.6.